The summed E-state index contributed by atoms with van der Waals surface area (Å²) in [5, 5.41) is 10.6. The number of rotatable bonds is 3. The average molecular weight is 233 g/mol. The molecule has 15 heavy (non-hydrogen) atoms. The van der Waals surface area contributed by atoms with Crippen LogP contribution in [0.1, 0.15) is 12.8 Å². The Hall–Kier alpha value is -0.430. The number of nitrogens with zero attached hydrogens (tertiary/aromatic N) is 1. The highest BCUT2D eigenvalue weighted by molar-refractivity contribution is 7.89. The lowest BCUT2D eigenvalue weighted by Crippen LogP contribution is -2.59. The Morgan fingerprint density at radius 1 is 1.40 bits per heavy atom. The summed E-state index contributed by atoms with van der Waals surface area (Å²) in [6.45, 7) is 4.75. The molecule has 2 unspecified atom stereocenters. The molecule has 6 heteroatoms. The van der Waals surface area contributed by atoms with Gasteiger partial charge >= 0.3 is 0 Å². The zero-order valence-electron chi connectivity index (χ0n) is 8.37. The SMILES string of the molecule is C=CS(=O)(=O)OC1C(O)C2CCN1CC2. The van der Waals surface area contributed by atoms with E-state index < -0.39 is 22.4 Å². The van der Waals surface area contributed by atoms with Crippen molar-refractivity contribution in [1.29, 1.82) is 0 Å². The van der Waals surface area contributed by atoms with Crippen LogP contribution < -0.4 is 0 Å². The predicted octanol–water partition coefficient (Wildman–Crippen LogP) is -0.111. The highest BCUT2D eigenvalue weighted by atomic mass is 32.2. The summed E-state index contributed by atoms with van der Waals surface area (Å²) in [6, 6.07) is 0. The minimum absolute atomic E-state index is 0.167. The van der Waals surface area contributed by atoms with Gasteiger partial charge in [-0.15, -0.1) is 0 Å². The number of hydrogen-bond donors (Lipinski definition) is 1. The fourth-order valence-electron chi connectivity index (χ4n) is 2.26. The van der Waals surface area contributed by atoms with E-state index in [0.29, 0.717) is 0 Å². The molecule has 1 N–H and O–H groups in total. The lowest BCUT2D eigenvalue weighted by atomic mass is 9.85. The van der Waals surface area contributed by atoms with Crippen LogP contribution in [0.5, 0.6) is 0 Å². The third-order valence-corrected chi connectivity index (χ3v) is 4.02. The van der Waals surface area contributed by atoms with Crippen LogP contribution in [-0.4, -0.2) is 43.8 Å². The van der Waals surface area contributed by atoms with E-state index in [4.69, 9.17) is 4.18 Å². The first-order valence-electron chi connectivity index (χ1n) is 5.01. The second kappa shape index (κ2) is 3.86. The molecule has 0 amide bonds. The van der Waals surface area contributed by atoms with E-state index in [1.807, 2.05) is 4.90 Å². The molecule has 3 saturated heterocycles. The van der Waals surface area contributed by atoms with Crippen LogP contribution in [0.2, 0.25) is 0 Å². The summed E-state index contributed by atoms with van der Waals surface area (Å²) >= 11 is 0. The van der Waals surface area contributed by atoms with Gasteiger partial charge in [0, 0.05) is 13.1 Å². The fraction of sp³-hybridized carbons (Fsp3) is 0.778. The third kappa shape index (κ3) is 2.08. The Morgan fingerprint density at radius 2 is 2.00 bits per heavy atom. The van der Waals surface area contributed by atoms with Crippen LogP contribution in [0, 0.1) is 5.92 Å². The first-order valence-corrected chi connectivity index (χ1v) is 6.48. The van der Waals surface area contributed by atoms with E-state index >= 15 is 0 Å². The lowest BCUT2D eigenvalue weighted by Gasteiger charge is -2.47. The molecule has 2 bridgehead atoms. The van der Waals surface area contributed by atoms with Crippen molar-refractivity contribution >= 4 is 10.1 Å². The van der Waals surface area contributed by atoms with Crippen LogP contribution >= 0.6 is 0 Å². The summed E-state index contributed by atoms with van der Waals surface area (Å²) < 4.78 is 27.3. The summed E-state index contributed by atoms with van der Waals surface area (Å²) in [4.78, 5) is 1.87. The van der Waals surface area contributed by atoms with E-state index in [1.165, 1.54) is 0 Å². The topological polar surface area (TPSA) is 66.8 Å². The highest BCUT2D eigenvalue weighted by Gasteiger charge is 2.43. The molecule has 0 spiro atoms. The number of hydrogen-bond acceptors (Lipinski definition) is 5. The molecule has 0 aliphatic carbocycles. The first kappa shape index (κ1) is 11.1. The molecule has 0 radical (unpaired) electrons. The third-order valence-electron chi connectivity index (χ3n) is 3.15. The van der Waals surface area contributed by atoms with Crippen molar-refractivity contribution in [2.24, 2.45) is 5.92 Å². The average Bonchev–Trinajstić information content (AvgIpc) is 2.24. The molecule has 86 valence electrons. The van der Waals surface area contributed by atoms with E-state index in [9.17, 15) is 13.5 Å². The van der Waals surface area contributed by atoms with Crippen molar-refractivity contribution in [3.63, 3.8) is 0 Å². The zero-order valence-corrected chi connectivity index (χ0v) is 9.19. The van der Waals surface area contributed by atoms with Crippen molar-refractivity contribution < 1.29 is 17.7 Å². The van der Waals surface area contributed by atoms with Crippen LogP contribution in [0.25, 0.3) is 0 Å². The number of aliphatic hydroxyl groups excluding tert-OH is 1. The Balaban J connectivity index is 2.12. The molecule has 3 heterocycles. The van der Waals surface area contributed by atoms with Crippen molar-refractivity contribution in [2.45, 2.75) is 25.2 Å². The zero-order chi connectivity index (χ0) is 11.1. The molecule has 0 aromatic heterocycles. The molecule has 3 aliphatic rings. The Morgan fingerprint density at radius 3 is 2.47 bits per heavy atom. The van der Waals surface area contributed by atoms with Gasteiger partial charge in [-0.3, -0.25) is 4.90 Å². The minimum Gasteiger partial charge on any atom is -0.389 e. The minimum atomic E-state index is -3.71. The van der Waals surface area contributed by atoms with Gasteiger partial charge in [-0.2, -0.15) is 8.42 Å². The molecule has 5 nitrogen and oxygen atoms in total. The molecule has 3 rings (SSSR count). The number of piperidine rings is 3. The van der Waals surface area contributed by atoms with Gasteiger partial charge in [-0.05, 0) is 18.8 Å². The van der Waals surface area contributed by atoms with Gasteiger partial charge in [0.25, 0.3) is 10.1 Å². The van der Waals surface area contributed by atoms with Crippen LogP contribution in [0.3, 0.4) is 0 Å². The second-order valence-corrected chi connectivity index (χ2v) is 5.52. The summed E-state index contributed by atoms with van der Waals surface area (Å²) in [5.74, 6) is 0.167. The Bertz CT molecular complexity index is 343. The van der Waals surface area contributed by atoms with Gasteiger partial charge in [0.05, 0.1) is 11.5 Å². The lowest BCUT2D eigenvalue weighted by molar-refractivity contribution is -0.147. The molecule has 0 saturated carbocycles. The molecular formula is C9H15NO4S. The standard InChI is InChI=1S/C9H15NO4S/c1-2-15(12,13)14-9-8(11)7-3-5-10(9)6-4-7/h2,7-9,11H,1,3-6H2. The van der Waals surface area contributed by atoms with Crippen LogP contribution in [-0.2, 0) is 14.3 Å². The van der Waals surface area contributed by atoms with Crippen LogP contribution in [0.15, 0.2) is 12.0 Å². The van der Waals surface area contributed by atoms with E-state index in [0.717, 1.165) is 31.3 Å². The highest BCUT2D eigenvalue weighted by Crippen LogP contribution is 2.33. The van der Waals surface area contributed by atoms with Gasteiger partial charge in [-0.1, -0.05) is 6.58 Å². The largest absolute Gasteiger partial charge is 0.389 e. The van der Waals surface area contributed by atoms with Gasteiger partial charge in [0.1, 0.15) is 0 Å². The molecule has 3 fully saturated rings. The van der Waals surface area contributed by atoms with Crippen molar-refractivity contribution in [3.05, 3.63) is 12.0 Å². The first-order chi connectivity index (χ1) is 7.03. The van der Waals surface area contributed by atoms with Crippen molar-refractivity contribution in [1.82, 2.24) is 4.90 Å². The van der Waals surface area contributed by atoms with E-state index in [2.05, 4.69) is 6.58 Å². The maximum Gasteiger partial charge on any atom is 0.291 e. The maximum atomic E-state index is 11.2. The Labute approximate surface area is 89.5 Å². The normalized spacial score (nSPS) is 40.3. The monoisotopic (exact) mass is 233 g/mol. The molecule has 3 aliphatic heterocycles. The smallest absolute Gasteiger partial charge is 0.291 e. The molecule has 0 aromatic rings. The Kier molecular flexibility index (Phi) is 2.85. The summed E-state index contributed by atoms with van der Waals surface area (Å²) in [7, 11) is -3.71. The fourth-order valence-corrected chi connectivity index (χ4v) is 2.85. The second-order valence-electron chi connectivity index (χ2n) is 4.01. The molecular weight excluding hydrogens is 218 g/mol. The van der Waals surface area contributed by atoms with Crippen molar-refractivity contribution in [2.75, 3.05) is 13.1 Å². The van der Waals surface area contributed by atoms with Gasteiger partial charge in [0.2, 0.25) is 0 Å². The summed E-state index contributed by atoms with van der Waals surface area (Å²) in [6.07, 6.45) is 0.396. The van der Waals surface area contributed by atoms with Gasteiger partial charge in [0.15, 0.2) is 6.23 Å². The van der Waals surface area contributed by atoms with Crippen LogP contribution in [0.4, 0.5) is 0 Å². The van der Waals surface area contributed by atoms with E-state index in [1.54, 1.807) is 0 Å². The molecule has 2 atom stereocenters. The van der Waals surface area contributed by atoms with E-state index in [-0.39, 0.29) is 5.92 Å². The number of aliphatic hydroxyl groups is 1. The quantitative estimate of drug-likeness (QED) is 0.689. The van der Waals surface area contributed by atoms with Gasteiger partial charge < -0.3 is 5.11 Å². The van der Waals surface area contributed by atoms with Gasteiger partial charge in [-0.25, -0.2) is 4.18 Å². The van der Waals surface area contributed by atoms with Crippen molar-refractivity contribution in [3.8, 4) is 0 Å². The predicted molar refractivity (Wildman–Crippen MR) is 54.3 cm³/mol. The summed E-state index contributed by atoms with van der Waals surface area (Å²) in [5.41, 5.74) is 0. The maximum absolute atomic E-state index is 11.2. The number of fused-ring (bicyclic) bond motifs is 3. The molecule has 0 aromatic carbocycles.